The maximum atomic E-state index is 12.6. The van der Waals surface area contributed by atoms with Crippen LogP contribution in [-0.4, -0.2) is 45.7 Å². The van der Waals surface area contributed by atoms with Gasteiger partial charge < -0.3 is 14.9 Å². The Labute approximate surface area is 160 Å². The Bertz CT molecular complexity index is 773. The van der Waals surface area contributed by atoms with E-state index in [1.54, 1.807) is 0 Å². The zero-order chi connectivity index (χ0) is 19.4. The monoisotopic (exact) mass is 374 g/mol. The minimum absolute atomic E-state index is 0.0222. The van der Waals surface area contributed by atoms with Crippen LogP contribution in [0.3, 0.4) is 0 Å². The number of ether oxygens (including phenoxy) is 1. The topological polar surface area (TPSA) is 87.1 Å². The lowest BCUT2D eigenvalue weighted by molar-refractivity contribution is -0.166. The van der Waals surface area contributed by atoms with Gasteiger partial charge in [-0.3, -0.25) is 9.59 Å². The number of epoxide rings is 1. The van der Waals surface area contributed by atoms with Gasteiger partial charge in [-0.05, 0) is 55.9 Å². The van der Waals surface area contributed by atoms with Crippen LogP contribution in [-0.2, 0) is 14.3 Å². The number of ketones is 2. The first kappa shape index (κ1) is 18.0. The number of fused-ring (bicyclic) bond motifs is 3. The Morgan fingerprint density at radius 2 is 2.04 bits per heavy atom. The van der Waals surface area contributed by atoms with Gasteiger partial charge in [0.25, 0.3) is 0 Å². The summed E-state index contributed by atoms with van der Waals surface area (Å²) in [6.45, 7) is 5.64. The molecule has 148 valence electrons. The molecule has 4 fully saturated rings. The van der Waals surface area contributed by atoms with E-state index >= 15 is 0 Å². The zero-order valence-corrected chi connectivity index (χ0v) is 16.5. The van der Waals surface area contributed by atoms with E-state index in [4.69, 9.17) is 4.74 Å². The second kappa shape index (κ2) is 5.11. The molecule has 1 aliphatic heterocycles. The van der Waals surface area contributed by atoms with E-state index in [1.165, 1.54) is 5.57 Å². The van der Waals surface area contributed by atoms with Gasteiger partial charge in [-0.25, -0.2) is 0 Å². The third-order valence-electron chi connectivity index (χ3n) is 9.49. The van der Waals surface area contributed by atoms with Crippen molar-refractivity contribution in [1.82, 2.24) is 0 Å². The lowest BCUT2D eigenvalue weighted by Gasteiger charge is -2.56. The summed E-state index contributed by atoms with van der Waals surface area (Å²) in [5, 5.41) is 21.0. The maximum absolute atomic E-state index is 12.6. The van der Waals surface area contributed by atoms with E-state index < -0.39 is 23.4 Å². The highest BCUT2D eigenvalue weighted by Crippen LogP contribution is 2.76. The van der Waals surface area contributed by atoms with E-state index in [0.29, 0.717) is 18.8 Å². The molecule has 1 saturated heterocycles. The molecule has 2 N–H and O–H groups in total. The summed E-state index contributed by atoms with van der Waals surface area (Å²) in [4.78, 5) is 24.6. The number of aliphatic hydroxyl groups excluding tert-OH is 1. The molecule has 0 aromatic rings. The van der Waals surface area contributed by atoms with E-state index in [-0.39, 0.29) is 34.7 Å². The Morgan fingerprint density at radius 1 is 1.30 bits per heavy atom. The van der Waals surface area contributed by atoms with Crippen LogP contribution in [0, 0.1) is 28.6 Å². The van der Waals surface area contributed by atoms with Crippen molar-refractivity contribution in [3.63, 3.8) is 0 Å². The van der Waals surface area contributed by atoms with Crippen LogP contribution < -0.4 is 0 Å². The molecule has 0 radical (unpaired) electrons. The predicted octanol–water partition coefficient (Wildman–Crippen LogP) is 2.19. The second-order valence-electron chi connectivity index (χ2n) is 10.2. The highest BCUT2D eigenvalue weighted by Gasteiger charge is 2.82. The third-order valence-corrected chi connectivity index (χ3v) is 9.49. The molecular formula is C22H30O5. The van der Waals surface area contributed by atoms with Crippen molar-refractivity contribution in [2.75, 3.05) is 6.61 Å². The fraction of sp³-hybridized carbons (Fsp3) is 0.818. The van der Waals surface area contributed by atoms with Gasteiger partial charge in [-0.2, -0.15) is 0 Å². The van der Waals surface area contributed by atoms with Gasteiger partial charge in [0, 0.05) is 17.3 Å². The highest BCUT2D eigenvalue weighted by molar-refractivity contribution is 5.92. The van der Waals surface area contributed by atoms with Gasteiger partial charge in [0.15, 0.2) is 11.6 Å². The molecule has 0 amide bonds. The Kier molecular flexibility index (Phi) is 3.41. The van der Waals surface area contributed by atoms with Crippen LogP contribution in [0.1, 0.15) is 59.3 Å². The van der Waals surface area contributed by atoms with Crippen LogP contribution >= 0.6 is 0 Å². The Balaban J connectivity index is 1.59. The number of hydrogen-bond acceptors (Lipinski definition) is 5. The van der Waals surface area contributed by atoms with Crippen LogP contribution in [0.15, 0.2) is 11.6 Å². The van der Waals surface area contributed by atoms with Crippen molar-refractivity contribution in [3.05, 3.63) is 11.6 Å². The third kappa shape index (κ3) is 1.78. The first-order valence-corrected chi connectivity index (χ1v) is 10.4. The lowest BCUT2D eigenvalue weighted by Crippen LogP contribution is -2.62. The van der Waals surface area contributed by atoms with Crippen molar-refractivity contribution in [3.8, 4) is 0 Å². The summed E-state index contributed by atoms with van der Waals surface area (Å²) in [7, 11) is 0. The predicted molar refractivity (Wildman–Crippen MR) is 97.8 cm³/mol. The molecule has 0 aromatic carbocycles. The minimum atomic E-state index is -1.48. The van der Waals surface area contributed by atoms with E-state index in [9.17, 15) is 19.8 Å². The van der Waals surface area contributed by atoms with Gasteiger partial charge >= 0.3 is 0 Å². The molecule has 4 aliphatic carbocycles. The fourth-order valence-corrected chi connectivity index (χ4v) is 8.07. The highest BCUT2D eigenvalue weighted by atomic mass is 16.6. The maximum Gasteiger partial charge on any atom is 0.190 e. The molecule has 2 unspecified atom stereocenters. The molecule has 5 nitrogen and oxygen atoms in total. The average Bonchev–Trinajstić information content (AvgIpc) is 3.31. The number of rotatable bonds is 2. The minimum Gasteiger partial charge on any atom is -0.388 e. The van der Waals surface area contributed by atoms with Crippen molar-refractivity contribution in [2.45, 2.75) is 76.6 Å². The molecule has 0 bridgehead atoms. The van der Waals surface area contributed by atoms with Gasteiger partial charge in [-0.1, -0.05) is 26.3 Å². The molecule has 27 heavy (non-hydrogen) atoms. The van der Waals surface area contributed by atoms with Crippen LogP contribution in [0.4, 0.5) is 0 Å². The summed E-state index contributed by atoms with van der Waals surface area (Å²) in [5.74, 6) is 0.105. The largest absolute Gasteiger partial charge is 0.388 e. The zero-order valence-electron chi connectivity index (χ0n) is 16.5. The quantitative estimate of drug-likeness (QED) is 0.724. The summed E-state index contributed by atoms with van der Waals surface area (Å²) in [5.41, 5.74) is -1.15. The second-order valence-corrected chi connectivity index (χ2v) is 10.2. The van der Waals surface area contributed by atoms with Gasteiger partial charge in [0.1, 0.15) is 17.8 Å². The van der Waals surface area contributed by atoms with Crippen molar-refractivity contribution in [1.29, 1.82) is 0 Å². The number of aliphatic hydroxyl groups is 2. The Hall–Kier alpha value is -1.04. The molecule has 5 heteroatoms. The molecule has 8 atom stereocenters. The smallest absolute Gasteiger partial charge is 0.190 e. The first-order valence-electron chi connectivity index (χ1n) is 10.4. The summed E-state index contributed by atoms with van der Waals surface area (Å²) >= 11 is 0. The number of hydrogen-bond donors (Lipinski definition) is 2. The summed E-state index contributed by atoms with van der Waals surface area (Å²) < 4.78 is 6.48. The molecule has 1 spiro atoms. The number of carbonyl (C=O) groups is 2. The first-order chi connectivity index (χ1) is 12.6. The lowest BCUT2D eigenvalue weighted by atomic mass is 9.46. The average molecular weight is 374 g/mol. The molecular weight excluding hydrogens is 344 g/mol. The van der Waals surface area contributed by atoms with E-state index in [0.717, 1.165) is 25.7 Å². The van der Waals surface area contributed by atoms with E-state index in [1.807, 2.05) is 19.9 Å². The molecule has 0 aromatic heterocycles. The van der Waals surface area contributed by atoms with E-state index in [2.05, 4.69) is 6.92 Å². The Morgan fingerprint density at radius 3 is 2.74 bits per heavy atom. The fourth-order valence-electron chi connectivity index (χ4n) is 8.07. The molecule has 5 aliphatic rings. The molecule has 5 rings (SSSR count). The number of carbonyl (C=O) groups excluding carboxylic acids is 2. The van der Waals surface area contributed by atoms with Crippen LogP contribution in [0.25, 0.3) is 0 Å². The van der Waals surface area contributed by atoms with Crippen LogP contribution in [0.5, 0.6) is 0 Å². The van der Waals surface area contributed by atoms with Gasteiger partial charge in [-0.15, -0.1) is 0 Å². The normalized spacial score (nSPS) is 55.7. The standard InChI is InChI=1S/C22H30O5/c1-12-8-16-15-5-4-13-9-14(24)6-7-19(13,2)22(15)18(27-22)10-20(16,3)21(12,26)17(25)11-23/h9,12,15-16,18,23,26H,4-8,10-11H2,1-3H3/t12?,15-,16-,18?,19-,20-,21-,22-/m0/s1. The van der Waals surface area contributed by atoms with Gasteiger partial charge in [0.05, 0.1) is 6.10 Å². The summed E-state index contributed by atoms with van der Waals surface area (Å²) in [6.07, 6.45) is 6.59. The van der Waals surface area contributed by atoms with Crippen molar-refractivity contribution in [2.24, 2.45) is 28.6 Å². The summed E-state index contributed by atoms with van der Waals surface area (Å²) in [6, 6.07) is 0. The SMILES string of the molecule is CC1C[C@H]2[C@@H]3CCC4=CC(=O)CC[C@]4(C)[C@]34OC4C[C@]2(C)[C@@]1(O)C(=O)CO. The van der Waals surface area contributed by atoms with Crippen molar-refractivity contribution >= 4 is 11.6 Å². The van der Waals surface area contributed by atoms with Crippen LogP contribution in [0.2, 0.25) is 0 Å². The molecule has 1 heterocycles. The molecule has 3 saturated carbocycles. The van der Waals surface area contributed by atoms with Gasteiger partial charge in [0.2, 0.25) is 0 Å². The van der Waals surface area contributed by atoms with Crippen molar-refractivity contribution < 1.29 is 24.5 Å². The number of Topliss-reactive ketones (excluding diaryl/α,β-unsaturated/α-hetero) is 1.